The Hall–Kier alpha value is -2.57. The monoisotopic (exact) mass is 376 g/mol. The zero-order valence-corrected chi connectivity index (χ0v) is 15.4. The van der Waals surface area contributed by atoms with Gasteiger partial charge in [-0.1, -0.05) is 35.9 Å². The molecule has 0 aliphatic heterocycles. The molecule has 0 saturated carbocycles. The highest BCUT2D eigenvalue weighted by atomic mass is 35.5. The fraction of sp³-hybridized carbons (Fsp3) is 0.263. The lowest BCUT2D eigenvalue weighted by molar-refractivity contribution is -0.122. The summed E-state index contributed by atoms with van der Waals surface area (Å²) in [4.78, 5) is 24.7. The molecule has 2 N–H and O–H groups in total. The van der Waals surface area contributed by atoms with E-state index in [1.54, 1.807) is 62.6 Å². The van der Waals surface area contributed by atoms with Gasteiger partial charge in [-0.2, -0.15) is 0 Å². The first kappa shape index (κ1) is 19.8. The van der Waals surface area contributed by atoms with Crippen molar-refractivity contribution in [3.63, 3.8) is 0 Å². The summed E-state index contributed by atoms with van der Waals surface area (Å²) in [5, 5.41) is 5.87. The third-order valence-electron chi connectivity index (χ3n) is 3.53. The summed E-state index contributed by atoms with van der Waals surface area (Å²) in [6.45, 7) is 2.40. The number of anilines is 1. The van der Waals surface area contributed by atoms with Crippen LogP contribution < -0.4 is 15.4 Å². The Balaban J connectivity index is 2.04. The summed E-state index contributed by atoms with van der Waals surface area (Å²) < 4.78 is 10.5. The Bertz CT molecular complexity index is 767. The summed E-state index contributed by atoms with van der Waals surface area (Å²) >= 11 is 6.04. The summed E-state index contributed by atoms with van der Waals surface area (Å²) in [5.74, 6) is -0.262. The van der Waals surface area contributed by atoms with Gasteiger partial charge in [0, 0.05) is 13.7 Å². The highest BCUT2D eigenvalue weighted by molar-refractivity contribution is 6.32. The molecule has 26 heavy (non-hydrogen) atoms. The molecular weight excluding hydrogens is 356 g/mol. The van der Waals surface area contributed by atoms with E-state index in [0.29, 0.717) is 35.2 Å². The highest BCUT2D eigenvalue weighted by Crippen LogP contribution is 2.24. The van der Waals surface area contributed by atoms with Crippen molar-refractivity contribution >= 4 is 29.1 Å². The number of hydrogen-bond donors (Lipinski definition) is 2. The van der Waals surface area contributed by atoms with Gasteiger partial charge in [-0.25, -0.2) is 0 Å². The Morgan fingerprint density at radius 2 is 1.81 bits per heavy atom. The van der Waals surface area contributed by atoms with Crippen LogP contribution in [0.25, 0.3) is 0 Å². The van der Waals surface area contributed by atoms with Crippen LogP contribution in [0.1, 0.15) is 17.3 Å². The summed E-state index contributed by atoms with van der Waals surface area (Å²) in [6.07, 6.45) is -0.792. The Kier molecular flexibility index (Phi) is 7.44. The van der Waals surface area contributed by atoms with Crippen LogP contribution in [0.2, 0.25) is 5.02 Å². The molecule has 1 atom stereocenters. The summed E-state index contributed by atoms with van der Waals surface area (Å²) in [7, 11) is 1.56. The number of ether oxygens (including phenoxy) is 2. The number of hydrogen-bond acceptors (Lipinski definition) is 4. The zero-order valence-electron chi connectivity index (χ0n) is 14.6. The number of carbonyl (C=O) groups is 2. The van der Waals surface area contributed by atoms with Crippen LogP contribution in [-0.2, 0) is 9.53 Å². The number of benzene rings is 2. The van der Waals surface area contributed by atoms with Gasteiger partial charge in [-0.05, 0) is 31.2 Å². The SMILES string of the molecule is COCCNC(=O)c1ccccc1NC(=O)C(C)Oc1ccccc1Cl. The van der Waals surface area contributed by atoms with Gasteiger partial charge in [0.1, 0.15) is 5.75 Å². The minimum Gasteiger partial charge on any atom is -0.479 e. The van der Waals surface area contributed by atoms with Crippen molar-refractivity contribution in [3.8, 4) is 5.75 Å². The second-order valence-electron chi connectivity index (χ2n) is 5.47. The molecule has 7 heteroatoms. The number of rotatable bonds is 8. The Labute approximate surface area is 157 Å². The molecule has 2 rings (SSSR count). The van der Waals surface area contributed by atoms with Crippen LogP contribution >= 0.6 is 11.6 Å². The molecule has 1 unspecified atom stereocenters. The van der Waals surface area contributed by atoms with Gasteiger partial charge in [-0.3, -0.25) is 9.59 Å². The standard InChI is InChI=1S/C19H21ClN2O4/c1-13(26-17-10-6-4-8-15(17)20)18(23)22-16-9-5-3-7-14(16)19(24)21-11-12-25-2/h3-10,13H,11-12H2,1-2H3,(H,21,24)(H,22,23). The van der Waals surface area contributed by atoms with Crippen molar-refractivity contribution in [2.75, 3.05) is 25.6 Å². The average Bonchev–Trinajstić information content (AvgIpc) is 2.64. The topological polar surface area (TPSA) is 76.7 Å². The molecule has 0 radical (unpaired) electrons. The maximum Gasteiger partial charge on any atom is 0.265 e. The maximum absolute atomic E-state index is 12.4. The van der Waals surface area contributed by atoms with Gasteiger partial charge < -0.3 is 20.1 Å². The predicted octanol–water partition coefficient (Wildman–Crippen LogP) is 3.12. The third kappa shape index (κ3) is 5.47. The van der Waals surface area contributed by atoms with Crippen molar-refractivity contribution in [3.05, 3.63) is 59.1 Å². The lowest BCUT2D eigenvalue weighted by Gasteiger charge is -2.17. The van der Waals surface area contributed by atoms with Crippen LogP contribution in [0.15, 0.2) is 48.5 Å². The van der Waals surface area contributed by atoms with Crippen LogP contribution in [0.5, 0.6) is 5.75 Å². The molecule has 2 aromatic carbocycles. The van der Waals surface area contributed by atoms with Gasteiger partial charge >= 0.3 is 0 Å². The van der Waals surface area contributed by atoms with Gasteiger partial charge in [0.2, 0.25) is 0 Å². The second kappa shape index (κ2) is 9.79. The Morgan fingerprint density at radius 3 is 2.54 bits per heavy atom. The highest BCUT2D eigenvalue weighted by Gasteiger charge is 2.19. The van der Waals surface area contributed by atoms with Crippen LogP contribution in [-0.4, -0.2) is 38.2 Å². The number of nitrogens with one attached hydrogen (secondary N) is 2. The van der Waals surface area contributed by atoms with E-state index in [-0.39, 0.29) is 11.8 Å². The molecule has 2 aromatic rings. The molecule has 0 saturated heterocycles. The van der Waals surface area contributed by atoms with E-state index < -0.39 is 6.10 Å². The summed E-state index contributed by atoms with van der Waals surface area (Å²) in [6, 6.07) is 13.7. The first-order valence-electron chi connectivity index (χ1n) is 8.11. The average molecular weight is 377 g/mol. The fourth-order valence-corrected chi connectivity index (χ4v) is 2.35. The predicted molar refractivity (Wildman–Crippen MR) is 101 cm³/mol. The molecule has 0 fully saturated rings. The fourth-order valence-electron chi connectivity index (χ4n) is 2.17. The van der Waals surface area contributed by atoms with E-state index in [9.17, 15) is 9.59 Å². The van der Waals surface area contributed by atoms with Crippen molar-refractivity contribution in [2.24, 2.45) is 0 Å². The number of amides is 2. The Morgan fingerprint density at radius 1 is 1.12 bits per heavy atom. The van der Waals surface area contributed by atoms with E-state index >= 15 is 0 Å². The molecule has 2 amide bonds. The minimum absolute atomic E-state index is 0.294. The number of halogens is 1. The van der Waals surface area contributed by atoms with Crippen LogP contribution in [0.3, 0.4) is 0 Å². The van der Waals surface area contributed by atoms with E-state index in [4.69, 9.17) is 21.1 Å². The van der Waals surface area contributed by atoms with E-state index in [0.717, 1.165) is 0 Å². The molecule has 6 nitrogen and oxygen atoms in total. The molecular formula is C19H21ClN2O4. The van der Waals surface area contributed by atoms with Crippen LogP contribution in [0.4, 0.5) is 5.69 Å². The van der Waals surface area contributed by atoms with Gasteiger partial charge in [0.25, 0.3) is 11.8 Å². The van der Waals surface area contributed by atoms with Crippen LogP contribution in [0, 0.1) is 0 Å². The first-order valence-corrected chi connectivity index (χ1v) is 8.49. The molecule has 0 aliphatic rings. The molecule has 138 valence electrons. The lowest BCUT2D eigenvalue weighted by Crippen LogP contribution is -2.32. The third-order valence-corrected chi connectivity index (χ3v) is 3.84. The van der Waals surface area contributed by atoms with Crippen molar-refractivity contribution in [1.82, 2.24) is 5.32 Å². The lowest BCUT2D eigenvalue weighted by atomic mass is 10.1. The number of methoxy groups -OCH3 is 1. The number of carbonyl (C=O) groups excluding carboxylic acids is 2. The minimum atomic E-state index is -0.792. The zero-order chi connectivity index (χ0) is 18.9. The molecule has 0 bridgehead atoms. The second-order valence-corrected chi connectivity index (χ2v) is 5.88. The number of para-hydroxylation sites is 2. The molecule has 0 aromatic heterocycles. The van der Waals surface area contributed by atoms with E-state index in [1.807, 2.05) is 0 Å². The van der Waals surface area contributed by atoms with Gasteiger partial charge in [-0.15, -0.1) is 0 Å². The quantitative estimate of drug-likeness (QED) is 0.694. The van der Waals surface area contributed by atoms with Crippen molar-refractivity contribution in [2.45, 2.75) is 13.0 Å². The van der Waals surface area contributed by atoms with E-state index in [2.05, 4.69) is 10.6 Å². The largest absolute Gasteiger partial charge is 0.479 e. The molecule has 0 aliphatic carbocycles. The molecule has 0 spiro atoms. The normalized spacial score (nSPS) is 11.5. The van der Waals surface area contributed by atoms with Crippen molar-refractivity contribution in [1.29, 1.82) is 0 Å². The maximum atomic E-state index is 12.4. The smallest absolute Gasteiger partial charge is 0.265 e. The summed E-state index contributed by atoms with van der Waals surface area (Å²) in [5.41, 5.74) is 0.768. The van der Waals surface area contributed by atoms with Gasteiger partial charge in [0.15, 0.2) is 6.10 Å². The first-order chi connectivity index (χ1) is 12.5. The van der Waals surface area contributed by atoms with Crippen molar-refractivity contribution < 1.29 is 19.1 Å². The van der Waals surface area contributed by atoms with Gasteiger partial charge in [0.05, 0.1) is 22.9 Å². The molecule has 0 heterocycles. The van der Waals surface area contributed by atoms with E-state index in [1.165, 1.54) is 0 Å².